The van der Waals surface area contributed by atoms with Crippen LogP contribution in [0.4, 0.5) is 17.5 Å². The summed E-state index contributed by atoms with van der Waals surface area (Å²) in [7, 11) is 0. The van der Waals surface area contributed by atoms with E-state index in [1.54, 1.807) is 12.3 Å². The number of aromatic nitrogens is 2. The molecule has 0 saturated heterocycles. The van der Waals surface area contributed by atoms with Crippen LogP contribution < -0.4 is 16.6 Å². The highest BCUT2D eigenvalue weighted by Crippen LogP contribution is 2.23. The fourth-order valence-corrected chi connectivity index (χ4v) is 1.54. The van der Waals surface area contributed by atoms with Gasteiger partial charge in [0.2, 0.25) is 5.95 Å². The first-order valence-corrected chi connectivity index (χ1v) is 5.39. The molecule has 6 heteroatoms. The molecule has 0 saturated carbocycles. The first kappa shape index (κ1) is 11.6. The van der Waals surface area contributed by atoms with E-state index in [1.807, 2.05) is 25.1 Å². The largest absolute Gasteiger partial charge is 0.340 e. The number of nitrogens with one attached hydrogen (secondary N) is 2. The van der Waals surface area contributed by atoms with E-state index in [0.29, 0.717) is 16.8 Å². The van der Waals surface area contributed by atoms with E-state index in [0.717, 1.165) is 11.3 Å². The summed E-state index contributed by atoms with van der Waals surface area (Å²) in [6, 6.07) is 7.37. The Balaban J connectivity index is 2.27. The van der Waals surface area contributed by atoms with Crippen LogP contribution in [0.3, 0.4) is 0 Å². The van der Waals surface area contributed by atoms with E-state index in [4.69, 9.17) is 17.4 Å². The van der Waals surface area contributed by atoms with Crippen molar-refractivity contribution in [2.45, 2.75) is 6.92 Å². The Morgan fingerprint density at radius 3 is 2.88 bits per heavy atom. The number of hydrogen-bond donors (Lipinski definition) is 3. The molecule has 0 radical (unpaired) electrons. The molecule has 1 aromatic carbocycles. The number of anilines is 3. The number of aryl methyl sites for hydroxylation is 1. The lowest BCUT2D eigenvalue weighted by molar-refractivity contribution is 1.12. The molecule has 0 bridgehead atoms. The number of nitrogens with zero attached hydrogens (tertiary/aromatic N) is 2. The van der Waals surface area contributed by atoms with Crippen molar-refractivity contribution in [1.29, 1.82) is 0 Å². The third-order valence-electron chi connectivity index (χ3n) is 2.25. The van der Waals surface area contributed by atoms with Gasteiger partial charge >= 0.3 is 0 Å². The molecule has 1 aromatic heterocycles. The molecule has 0 spiro atoms. The second kappa shape index (κ2) is 4.99. The van der Waals surface area contributed by atoms with Gasteiger partial charge in [0.1, 0.15) is 5.82 Å². The van der Waals surface area contributed by atoms with Crippen LogP contribution in [0.1, 0.15) is 5.56 Å². The number of nitrogens with two attached hydrogens (primary N) is 1. The average Bonchev–Trinajstić information content (AvgIpc) is 2.34. The highest BCUT2D eigenvalue weighted by atomic mass is 35.5. The molecule has 88 valence electrons. The van der Waals surface area contributed by atoms with Crippen LogP contribution >= 0.6 is 11.6 Å². The van der Waals surface area contributed by atoms with Crippen molar-refractivity contribution in [3.63, 3.8) is 0 Å². The predicted octanol–water partition coefficient (Wildman–Crippen LogP) is 2.47. The summed E-state index contributed by atoms with van der Waals surface area (Å²) in [5, 5.41) is 3.83. The van der Waals surface area contributed by atoms with Gasteiger partial charge in [0.05, 0.1) is 0 Å². The molecule has 5 nitrogen and oxygen atoms in total. The summed E-state index contributed by atoms with van der Waals surface area (Å²) < 4.78 is 0. The topological polar surface area (TPSA) is 75.9 Å². The highest BCUT2D eigenvalue weighted by molar-refractivity contribution is 6.30. The van der Waals surface area contributed by atoms with Gasteiger partial charge in [-0.25, -0.2) is 10.8 Å². The first-order chi connectivity index (χ1) is 8.19. The summed E-state index contributed by atoms with van der Waals surface area (Å²) in [5.74, 6) is 6.25. The molecular formula is C11H12ClN5. The summed E-state index contributed by atoms with van der Waals surface area (Å²) >= 11 is 5.94. The van der Waals surface area contributed by atoms with Gasteiger partial charge in [0, 0.05) is 16.9 Å². The summed E-state index contributed by atoms with van der Waals surface area (Å²) in [4.78, 5) is 8.08. The smallest absolute Gasteiger partial charge is 0.239 e. The molecule has 2 aromatic rings. The fraction of sp³-hybridized carbons (Fsp3) is 0.0909. The maximum Gasteiger partial charge on any atom is 0.239 e. The Kier molecular flexibility index (Phi) is 3.41. The SMILES string of the molecule is Cc1ccc(Cl)cc1Nc1ccnc(NN)n1. The van der Waals surface area contributed by atoms with E-state index in [9.17, 15) is 0 Å². The van der Waals surface area contributed by atoms with Gasteiger partial charge in [-0.1, -0.05) is 17.7 Å². The lowest BCUT2D eigenvalue weighted by Crippen LogP contribution is -2.10. The molecule has 2 rings (SSSR count). The standard InChI is InChI=1S/C11H12ClN5/c1-7-2-3-8(12)6-9(7)15-10-4-5-14-11(16-10)17-13/h2-6H,13H2,1H3,(H2,14,15,16,17). The van der Waals surface area contributed by atoms with E-state index in [1.165, 1.54) is 0 Å². The van der Waals surface area contributed by atoms with Crippen molar-refractivity contribution >= 4 is 29.1 Å². The Morgan fingerprint density at radius 2 is 2.12 bits per heavy atom. The molecule has 0 aliphatic rings. The summed E-state index contributed by atoms with van der Waals surface area (Å²) in [5.41, 5.74) is 4.37. The number of hydrogen-bond acceptors (Lipinski definition) is 5. The molecule has 0 aliphatic carbocycles. The van der Waals surface area contributed by atoms with Crippen LogP contribution in [0, 0.1) is 6.92 Å². The maximum atomic E-state index is 5.94. The second-order valence-corrected chi connectivity index (χ2v) is 3.93. The van der Waals surface area contributed by atoms with Crippen molar-refractivity contribution in [1.82, 2.24) is 9.97 Å². The first-order valence-electron chi connectivity index (χ1n) is 5.02. The third kappa shape index (κ3) is 2.83. The van der Waals surface area contributed by atoms with Gasteiger partial charge in [-0.05, 0) is 30.7 Å². The van der Waals surface area contributed by atoms with E-state index >= 15 is 0 Å². The Bertz CT molecular complexity index is 529. The normalized spacial score (nSPS) is 10.1. The number of nitrogen functional groups attached to an aromatic ring is 1. The predicted molar refractivity (Wildman–Crippen MR) is 69.3 cm³/mol. The van der Waals surface area contributed by atoms with Crippen LogP contribution in [0.5, 0.6) is 0 Å². The highest BCUT2D eigenvalue weighted by Gasteiger charge is 2.02. The van der Waals surface area contributed by atoms with Crippen LogP contribution in [-0.2, 0) is 0 Å². The molecular weight excluding hydrogens is 238 g/mol. The number of hydrazine groups is 1. The van der Waals surface area contributed by atoms with Gasteiger partial charge in [-0.3, -0.25) is 5.43 Å². The van der Waals surface area contributed by atoms with Gasteiger partial charge in [0.25, 0.3) is 0 Å². The zero-order valence-corrected chi connectivity index (χ0v) is 9.99. The summed E-state index contributed by atoms with van der Waals surface area (Å²) in [6.45, 7) is 1.99. The minimum Gasteiger partial charge on any atom is -0.340 e. The lowest BCUT2D eigenvalue weighted by atomic mass is 10.2. The van der Waals surface area contributed by atoms with Crippen LogP contribution in [0.15, 0.2) is 30.5 Å². The molecule has 17 heavy (non-hydrogen) atoms. The molecule has 0 amide bonds. The van der Waals surface area contributed by atoms with E-state index in [2.05, 4.69) is 20.7 Å². The Labute approximate surface area is 104 Å². The van der Waals surface area contributed by atoms with Crippen molar-refractivity contribution in [3.8, 4) is 0 Å². The van der Waals surface area contributed by atoms with Gasteiger partial charge in [-0.15, -0.1) is 0 Å². The molecule has 0 atom stereocenters. The molecule has 0 aliphatic heterocycles. The second-order valence-electron chi connectivity index (χ2n) is 3.49. The van der Waals surface area contributed by atoms with Crippen LogP contribution in [0.25, 0.3) is 0 Å². The molecule has 1 heterocycles. The molecule has 0 fully saturated rings. The zero-order valence-electron chi connectivity index (χ0n) is 9.24. The van der Waals surface area contributed by atoms with E-state index in [-0.39, 0.29) is 0 Å². The van der Waals surface area contributed by atoms with Gasteiger partial charge < -0.3 is 5.32 Å². The minimum atomic E-state index is 0.356. The Morgan fingerprint density at radius 1 is 1.29 bits per heavy atom. The van der Waals surface area contributed by atoms with Crippen LogP contribution in [-0.4, -0.2) is 9.97 Å². The Hall–Kier alpha value is -1.85. The third-order valence-corrected chi connectivity index (χ3v) is 2.48. The van der Waals surface area contributed by atoms with Gasteiger partial charge in [-0.2, -0.15) is 4.98 Å². The lowest BCUT2D eigenvalue weighted by Gasteiger charge is -2.09. The molecule has 4 N–H and O–H groups in total. The van der Waals surface area contributed by atoms with Crippen molar-refractivity contribution < 1.29 is 0 Å². The quantitative estimate of drug-likeness (QED) is 0.576. The maximum absolute atomic E-state index is 5.94. The monoisotopic (exact) mass is 249 g/mol. The molecule has 0 unspecified atom stereocenters. The minimum absolute atomic E-state index is 0.356. The van der Waals surface area contributed by atoms with Crippen molar-refractivity contribution in [3.05, 3.63) is 41.0 Å². The number of halogens is 1. The van der Waals surface area contributed by atoms with Crippen molar-refractivity contribution in [2.75, 3.05) is 10.7 Å². The van der Waals surface area contributed by atoms with Crippen LogP contribution in [0.2, 0.25) is 5.02 Å². The zero-order chi connectivity index (χ0) is 12.3. The number of rotatable bonds is 3. The number of benzene rings is 1. The van der Waals surface area contributed by atoms with E-state index < -0.39 is 0 Å². The fourth-order valence-electron chi connectivity index (χ4n) is 1.36. The summed E-state index contributed by atoms with van der Waals surface area (Å²) in [6.07, 6.45) is 1.62. The average molecular weight is 250 g/mol. The van der Waals surface area contributed by atoms with Gasteiger partial charge in [0.15, 0.2) is 0 Å². The van der Waals surface area contributed by atoms with Crippen molar-refractivity contribution in [2.24, 2.45) is 5.84 Å².